The number of carbonyl (C=O) groups is 2. The second kappa shape index (κ2) is 9.12. The van der Waals surface area contributed by atoms with E-state index in [0.717, 1.165) is 35.4 Å². The number of likely N-dealkylation sites (tertiary alicyclic amines) is 1. The average Bonchev–Trinajstić information content (AvgIpc) is 2.89. The van der Waals surface area contributed by atoms with Crippen molar-refractivity contribution in [1.29, 1.82) is 0 Å². The van der Waals surface area contributed by atoms with Crippen molar-refractivity contribution in [2.24, 2.45) is 11.0 Å². The van der Waals surface area contributed by atoms with Crippen LogP contribution in [0.3, 0.4) is 0 Å². The molecule has 1 aromatic rings. The van der Waals surface area contributed by atoms with Crippen LogP contribution in [0.25, 0.3) is 0 Å². The van der Waals surface area contributed by atoms with Crippen LogP contribution >= 0.6 is 0 Å². The van der Waals surface area contributed by atoms with E-state index in [-0.39, 0.29) is 18.2 Å². The lowest BCUT2D eigenvalue weighted by Crippen LogP contribution is -2.49. The van der Waals surface area contributed by atoms with Crippen LogP contribution in [0.4, 0.5) is 15.3 Å². The van der Waals surface area contributed by atoms with Gasteiger partial charge >= 0.3 is 12.1 Å². The number of aryl methyl sites for hydroxylation is 1. The number of urea groups is 1. The number of hydrogen-bond donors (Lipinski definition) is 1. The number of hydrazone groups is 1. The van der Waals surface area contributed by atoms with Crippen molar-refractivity contribution >= 4 is 23.5 Å². The summed E-state index contributed by atoms with van der Waals surface area (Å²) in [5.74, 6) is 0.377. The molecule has 0 atom stereocenters. The van der Waals surface area contributed by atoms with E-state index in [9.17, 15) is 9.59 Å². The highest BCUT2D eigenvalue weighted by Gasteiger charge is 2.35. The first-order valence-corrected chi connectivity index (χ1v) is 12.0. The van der Waals surface area contributed by atoms with Gasteiger partial charge in [-0.1, -0.05) is 31.4 Å². The zero-order valence-electron chi connectivity index (χ0n) is 19.8. The van der Waals surface area contributed by atoms with E-state index < -0.39 is 5.60 Å². The first-order chi connectivity index (χ1) is 15.2. The van der Waals surface area contributed by atoms with Gasteiger partial charge in [0.2, 0.25) is 0 Å². The van der Waals surface area contributed by atoms with Gasteiger partial charge in [-0.25, -0.2) is 14.6 Å². The number of rotatable bonds is 2. The van der Waals surface area contributed by atoms with Gasteiger partial charge in [-0.05, 0) is 65.0 Å². The predicted octanol–water partition coefficient (Wildman–Crippen LogP) is 5.53. The molecule has 2 aliphatic heterocycles. The van der Waals surface area contributed by atoms with Gasteiger partial charge < -0.3 is 15.0 Å². The second-order valence-corrected chi connectivity index (χ2v) is 10.3. The molecule has 0 radical (unpaired) electrons. The number of carbonyl (C=O) groups excluding carboxylic acids is 2. The summed E-state index contributed by atoms with van der Waals surface area (Å²) in [6.45, 7) is 8.78. The number of amides is 3. The molecule has 1 aliphatic carbocycles. The fourth-order valence-corrected chi connectivity index (χ4v) is 4.92. The van der Waals surface area contributed by atoms with Crippen molar-refractivity contribution in [3.63, 3.8) is 0 Å². The number of hydrogen-bond acceptors (Lipinski definition) is 4. The Balaban J connectivity index is 1.55. The molecule has 1 saturated heterocycles. The molecule has 2 fully saturated rings. The third kappa shape index (κ3) is 5.08. The van der Waals surface area contributed by atoms with Crippen LogP contribution in [0.5, 0.6) is 0 Å². The van der Waals surface area contributed by atoms with Gasteiger partial charge in [0, 0.05) is 24.6 Å². The number of benzene rings is 1. The zero-order valence-corrected chi connectivity index (χ0v) is 19.8. The predicted molar refractivity (Wildman–Crippen MR) is 126 cm³/mol. The first kappa shape index (κ1) is 22.6. The lowest BCUT2D eigenvalue weighted by Gasteiger charge is -2.36. The van der Waals surface area contributed by atoms with E-state index in [2.05, 4.69) is 17.4 Å². The molecule has 0 bridgehead atoms. The first-order valence-electron chi connectivity index (χ1n) is 12.0. The molecule has 2 heterocycles. The zero-order chi connectivity index (χ0) is 22.9. The molecule has 32 heavy (non-hydrogen) atoms. The van der Waals surface area contributed by atoms with Gasteiger partial charge in [0.1, 0.15) is 5.60 Å². The summed E-state index contributed by atoms with van der Waals surface area (Å²) in [6.07, 6.45) is 7.00. The molecule has 7 heteroatoms. The highest BCUT2D eigenvalue weighted by molar-refractivity contribution is 6.11. The third-order valence-corrected chi connectivity index (χ3v) is 6.57. The molecular weight excluding hydrogens is 404 g/mol. The Hall–Kier alpha value is -2.57. The minimum absolute atomic E-state index is 0.0392. The maximum Gasteiger partial charge on any atom is 0.410 e. The Morgan fingerprint density at radius 1 is 1.09 bits per heavy atom. The van der Waals surface area contributed by atoms with Crippen molar-refractivity contribution in [1.82, 2.24) is 9.91 Å². The third-order valence-electron chi connectivity index (χ3n) is 6.57. The molecule has 3 aliphatic rings. The van der Waals surface area contributed by atoms with Crippen LogP contribution in [0.2, 0.25) is 0 Å². The maximum absolute atomic E-state index is 13.2. The number of fused-ring (bicyclic) bond motifs is 1. The Morgan fingerprint density at radius 3 is 2.44 bits per heavy atom. The minimum Gasteiger partial charge on any atom is -0.444 e. The summed E-state index contributed by atoms with van der Waals surface area (Å²) < 4.78 is 5.52. The molecule has 4 rings (SSSR count). The van der Waals surface area contributed by atoms with Crippen molar-refractivity contribution < 1.29 is 14.3 Å². The molecule has 3 amide bonds. The highest BCUT2D eigenvalue weighted by Crippen LogP contribution is 2.33. The molecule has 1 N–H and O–H groups in total. The normalized spacial score (nSPS) is 20.9. The highest BCUT2D eigenvalue weighted by atomic mass is 16.6. The number of piperidine rings is 1. The van der Waals surface area contributed by atoms with Gasteiger partial charge in [0.05, 0.1) is 17.4 Å². The maximum atomic E-state index is 13.2. The Labute approximate surface area is 191 Å². The van der Waals surface area contributed by atoms with Crippen LogP contribution in [-0.4, -0.2) is 52.5 Å². The SMILES string of the molecule is Cc1ccc2c(c1)NC(=O)N(C1CCN(C(=O)OC(C)(C)C)CC1)N=C2C1CCCCC1. The Kier molecular flexibility index (Phi) is 6.45. The van der Waals surface area contributed by atoms with E-state index in [1.54, 1.807) is 9.91 Å². The van der Waals surface area contributed by atoms with Gasteiger partial charge in [0.25, 0.3) is 0 Å². The standard InChI is InChI=1S/C25H36N4O3/c1-17-10-11-20-21(16-17)26-23(30)29(27-22(20)18-8-6-5-7-9-18)19-12-14-28(15-13-19)24(31)32-25(2,3)4/h10-11,16,18-19H,5-9,12-15H2,1-4H3,(H,26,30). The molecule has 1 saturated carbocycles. The van der Waals surface area contributed by atoms with Crippen LogP contribution in [0, 0.1) is 12.8 Å². The monoisotopic (exact) mass is 440 g/mol. The lowest BCUT2D eigenvalue weighted by atomic mass is 9.82. The van der Waals surface area contributed by atoms with Gasteiger partial charge in [-0.15, -0.1) is 0 Å². The van der Waals surface area contributed by atoms with Gasteiger partial charge in [0.15, 0.2) is 0 Å². The van der Waals surface area contributed by atoms with Crippen LogP contribution in [0.15, 0.2) is 23.3 Å². The summed E-state index contributed by atoms with van der Waals surface area (Å²) in [7, 11) is 0. The summed E-state index contributed by atoms with van der Waals surface area (Å²) >= 11 is 0. The molecule has 0 spiro atoms. The Bertz CT molecular complexity index is 891. The Morgan fingerprint density at radius 2 is 1.78 bits per heavy atom. The molecule has 0 unspecified atom stereocenters. The average molecular weight is 441 g/mol. The number of anilines is 1. The number of nitrogens with one attached hydrogen (secondary N) is 1. The van der Waals surface area contributed by atoms with E-state index in [1.165, 1.54) is 19.3 Å². The molecule has 7 nitrogen and oxygen atoms in total. The quantitative estimate of drug-likeness (QED) is 0.657. The second-order valence-electron chi connectivity index (χ2n) is 10.3. The largest absolute Gasteiger partial charge is 0.444 e. The minimum atomic E-state index is -0.512. The molecule has 174 valence electrons. The van der Waals surface area contributed by atoms with Crippen molar-refractivity contribution in [3.8, 4) is 0 Å². The van der Waals surface area contributed by atoms with E-state index in [4.69, 9.17) is 9.84 Å². The van der Waals surface area contributed by atoms with Crippen LogP contribution < -0.4 is 5.32 Å². The van der Waals surface area contributed by atoms with Crippen LogP contribution in [0.1, 0.15) is 76.8 Å². The fraction of sp³-hybridized carbons (Fsp3) is 0.640. The lowest BCUT2D eigenvalue weighted by molar-refractivity contribution is 0.0167. The van der Waals surface area contributed by atoms with E-state index in [0.29, 0.717) is 31.8 Å². The van der Waals surface area contributed by atoms with Crippen LogP contribution in [-0.2, 0) is 4.74 Å². The molecule has 0 aromatic heterocycles. The van der Waals surface area contributed by atoms with Gasteiger partial charge in [-0.2, -0.15) is 5.10 Å². The van der Waals surface area contributed by atoms with Crippen molar-refractivity contribution in [3.05, 3.63) is 29.3 Å². The number of nitrogens with zero attached hydrogens (tertiary/aromatic N) is 3. The smallest absolute Gasteiger partial charge is 0.410 e. The van der Waals surface area contributed by atoms with E-state index in [1.807, 2.05) is 33.8 Å². The topological polar surface area (TPSA) is 74.2 Å². The van der Waals surface area contributed by atoms with Crippen molar-refractivity contribution in [2.75, 3.05) is 18.4 Å². The molecule has 1 aromatic carbocycles. The fourth-order valence-electron chi connectivity index (χ4n) is 4.92. The van der Waals surface area contributed by atoms with E-state index >= 15 is 0 Å². The number of ether oxygens (including phenoxy) is 1. The summed E-state index contributed by atoms with van der Waals surface area (Å²) in [5.41, 5.74) is 3.54. The summed E-state index contributed by atoms with van der Waals surface area (Å²) in [6, 6.07) is 6.02. The van der Waals surface area contributed by atoms with Crippen molar-refractivity contribution in [2.45, 2.75) is 84.3 Å². The van der Waals surface area contributed by atoms with Gasteiger partial charge in [-0.3, -0.25) is 0 Å². The summed E-state index contributed by atoms with van der Waals surface area (Å²) in [5, 5.41) is 9.78. The molecular formula is C25H36N4O3. The summed E-state index contributed by atoms with van der Waals surface area (Å²) in [4.78, 5) is 27.4.